The molecule has 0 fully saturated rings. The molecule has 0 spiro atoms. The molecule has 0 saturated carbocycles. The van der Waals surface area contributed by atoms with Crippen LogP contribution in [0, 0.1) is 11.8 Å². The van der Waals surface area contributed by atoms with Gasteiger partial charge in [0.05, 0.1) is 0 Å². The number of rotatable bonds is 0. The quantitative estimate of drug-likeness (QED) is 0.557. The second kappa shape index (κ2) is 23.7. The minimum Gasteiger partial charge on any atom is -0.107 e. The van der Waals surface area contributed by atoms with Gasteiger partial charge in [-0.1, -0.05) is 7.43 Å². The van der Waals surface area contributed by atoms with Crippen LogP contribution in [-0.4, -0.2) is 0 Å². The largest absolute Gasteiger partial charge is 0.107 e. The first kappa shape index (κ1) is 9.44. The summed E-state index contributed by atoms with van der Waals surface area (Å²) in [6, 6.07) is 0. The lowest BCUT2D eigenvalue weighted by atomic mass is 10.7. The Labute approximate surface area is 79.3 Å². The second-order valence-electron chi connectivity index (χ2n) is 0.636. The first-order valence-electron chi connectivity index (χ1n) is 3.75. The van der Waals surface area contributed by atoms with Crippen molar-refractivity contribution in [1.82, 2.24) is 0 Å². The molecule has 0 aromatic carbocycles. The Hall–Kier alpha value is 0.440. The van der Waals surface area contributed by atoms with E-state index in [9.17, 15) is 0 Å². The van der Waals surface area contributed by atoms with Gasteiger partial charge in [-0.15, -0.1) is 11.8 Å². The molecule has 0 radical (unpaired) electrons. The van der Waals surface area contributed by atoms with E-state index >= 15 is 0 Å². The third kappa shape index (κ3) is 58.8. The molecule has 9 heavy (non-hydrogen) atoms. The Morgan fingerprint density at radius 3 is 1.44 bits per heavy atom. The molecule has 0 saturated heterocycles. The zero-order chi connectivity index (χ0) is 10.8. The molecule has 0 aliphatic rings. The fourth-order valence-electron chi connectivity index (χ4n) is 0. The Morgan fingerprint density at radius 1 is 1.22 bits per heavy atom. The SMILES string of the molecule is C.CC#CC.S=S=S=S.[2H][2H].[2H][2H]. The average Bonchev–Trinajstić information content (AvgIpc) is 2.23. The van der Waals surface area contributed by atoms with Crippen LogP contribution in [0.4, 0.5) is 0 Å². The summed E-state index contributed by atoms with van der Waals surface area (Å²) in [7, 11) is 2.34. The molecule has 0 bridgehead atoms. The highest BCUT2D eigenvalue weighted by molar-refractivity contribution is 8.51. The highest BCUT2D eigenvalue weighted by Gasteiger charge is 1.26. The van der Waals surface area contributed by atoms with Crippen molar-refractivity contribution >= 4 is 40.1 Å². The van der Waals surface area contributed by atoms with Crippen LogP contribution < -0.4 is 0 Å². The van der Waals surface area contributed by atoms with Gasteiger partial charge in [0.2, 0.25) is 0 Å². The zero-order valence-corrected chi connectivity index (χ0v) is 7.90. The van der Waals surface area contributed by atoms with Gasteiger partial charge >= 0.3 is 0 Å². The highest BCUT2D eigenvalue weighted by Crippen LogP contribution is 1.39. The van der Waals surface area contributed by atoms with Gasteiger partial charge in [-0.05, 0) is 13.8 Å². The Balaban J connectivity index is -0.0000000226. The maximum atomic E-state index is 5.00. The van der Waals surface area contributed by atoms with Crippen LogP contribution in [0.1, 0.15) is 27.2 Å². The van der Waals surface area contributed by atoms with Gasteiger partial charge in [-0.25, -0.2) is 0 Å². The lowest BCUT2D eigenvalue weighted by molar-refractivity contribution is 1.83. The summed E-state index contributed by atoms with van der Waals surface area (Å²) >= 11 is 8.66. The molecule has 0 aromatic heterocycles. The Kier molecular flexibility index (Phi) is 24.9. The number of hydrogen-bond donors (Lipinski definition) is 0. The molecular weight excluding hydrogens is 188 g/mol. The molecular formula is C5H14S4. The molecule has 0 unspecified atom stereocenters. The molecule has 0 aliphatic carbocycles. The van der Waals surface area contributed by atoms with E-state index in [2.05, 4.69) is 34.2 Å². The van der Waals surface area contributed by atoms with Gasteiger partial charge in [0.1, 0.15) is 0 Å². The predicted octanol–water partition coefficient (Wildman–Crippen LogP) is 2.15. The van der Waals surface area contributed by atoms with Crippen LogP contribution >= 0.6 is 0 Å². The fraction of sp³-hybridized carbons (Fsp3) is 0.600. The standard InChI is InChI=1S/C4H6.CH4.S4.2H2/c1-3-4-2;;1-3-4-2;;/h1-2H3;1H4;;2*1H/i;;;2*1+1D. The van der Waals surface area contributed by atoms with E-state index in [1.165, 1.54) is 17.8 Å². The molecule has 0 rings (SSSR count). The van der Waals surface area contributed by atoms with Gasteiger partial charge in [-0.2, -0.15) is 0 Å². The van der Waals surface area contributed by atoms with Crippen molar-refractivity contribution in [3.63, 3.8) is 0 Å². The molecule has 0 N–H and O–H groups in total. The van der Waals surface area contributed by atoms with Crippen molar-refractivity contribution in [2.45, 2.75) is 21.3 Å². The predicted molar refractivity (Wildman–Crippen MR) is 59.5 cm³/mol. The summed E-state index contributed by atoms with van der Waals surface area (Å²) in [6.07, 6.45) is 0. The average molecular weight is 206 g/mol. The molecule has 0 aliphatic heterocycles. The van der Waals surface area contributed by atoms with Crippen LogP contribution in [0.25, 0.3) is 0 Å². The summed E-state index contributed by atoms with van der Waals surface area (Å²) in [5.41, 5.74) is 0. The summed E-state index contributed by atoms with van der Waals surface area (Å²) < 4.78 is 20.0. The first-order chi connectivity index (χ1) is 5.83. The van der Waals surface area contributed by atoms with Crippen molar-refractivity contribution in [3.05, 3.63) is 0 Å². The number of hydrogen-bond acceptors (Lipinski definition) is 2. The monoisotopic (exact) mass is 206 g/mol. The summed E-state index contributed by atoms with van der Waals surface area (Å²) in [5.74, 6) is 5.36. The van der Waals surface area contributed by atoms with E-state index < -0.39 is 0 Å². The Morgan fingerprint density at radius 2 is 1.44 bits per heavy atom. The van der Waals surface area contributed by atoms with Gasteiger partial charge in [0.25, 0.3) is 0 Å². The molecule has 58 valence electrons. The maximum Gasteiger partial charge on any atom is 0 e. The smallest absolute Gasteiger partial charge is 0 e. The zero-order valence-electron chi connectivity index (χ0n) is 8.63. The maximum absolute atomic E-state index is 5.00. The van der Waals surface area contributed by atoms with Crippen LogP contribution in [-0.2, 0) is 40.1 Å². The van der Waals surface area contributed by atoms with Gasteiger partial charge < -0.3 is 0 Å². The third-order valence-electron chi connectivity index (χ3n) is 0.278. The van der Waals surface area contributed by atoms with Crippen molar-refractivity contribution in [3.8, 4) is 11.8 Å². The van der Waals surface area contributed by atoms with Crippen LogP contribution in [0.2, 0.25) is 0 Å². The normalized spacial score (nSPS) is 5.56. The minimum atomic E-state index is 0. The van der Waals surface area contributed by atoms with E-state index in [-0.39, 0.29) is 7.43 Å². The topological polar surface area (TPSA) is 0 Å². The van der Waals surface area contributed by atoms with E-state index in [1.807, 2.05) is 13.8 Å². The third-order valence-corrected chi connectivity index (χ3v) is 2.50. The second-order valence-corrected chi connectivity index (χ2v) is 4.17. The van der Waals surface area contributed by atoms with E-state index in [4.69, 9.17) is 5.94 Å². The van der Waals surface area contributed by atoms with Crippen molar-refractivity contribution in [2.24, 2.45) is 0 Å². The first-order valence-corrected chi connectivity index (χ1v) is 5.75. The van der Waals surface area contributed by atoms with Gasteiger partial charge in [0.15, 0.2) is 0 Å². The van der Waals surface area contributed by atoms with Gasteiger partial charge in [-0.3, -0.25) is 0 Å². The Bertz CT molecular complexity index is 147. The molecule has 0 aromatic rings. The molecule has 0 amide bonds. The van der Waals surface area contributed by atoms with Crippen molar-refractivity contribution < 1.29 is 5.94 Å². The van der Waals surface area contributed by atoms with Crippen molar-refractivity contribution in [2.75, 3.05) is 0 Å². The van der Waals surface area contributed by atoms with E-state index in [0.29, 0.717) is 0 Å². The summed E-state index contributed by atoms with van der Waals surface area (Å²) in [5, 5.41) is 0. The summed E-state index contributed by atoms with van der Waals surface area (Å²) in [4.78, 5) is 0. The minimum absolute atomic E-state index is 0. The fourth-order valence-corrected chi connectivity index (χ4v) is 0. The van der Waals surface area contributed by atoms with Crippen LogP contribution in [0.5, 0.6) is 0 Å². The van der Waals surface area contributed by atoms with Crippen LogP contribution in [0.15, 0.2) is 0 Å². The highest BCUT2D eigenvalue weighted by atomic mass is 33.2. The molecule has 0 nitrogen and oxygen atoms in total. The lowest BCUT2D eigenvalue weighted by Crippen LogP contribution is -1.28. The van der Waals surface area contributed by atoms with Crippen LogP contribution in [0.3, 0.4) is 0 Å². The molecule has 0 atom stereocenters. The van der Waals surface area contributed by atoms with Crippen molar-refractivity contribution in [1.29, 1.82) is 0 Å². The van der Waals surface area contributed by atoms with E-state index in [1.54, 1.807) is 0 Å². The van der Waals surface area contributed by atoms with Gasteiger partial charge in [0, 0.05) is 46.1 Å². The molecule has 0 heterocycles. The molecule has 4 heteroatoms. The lowest BCUT2D eigenvalue weighted by Gasteiger charge is -1.40. The van der Waals surface area contributed by atoms with E-state index in [0.717, 1.165) is 0 Å². The summed E-state index contributed by atoms with van der Waals surface area (Å²) in [6.45, 7) is 3.64.